The third kappa shape index (κ3) is 41.3. The van der Waals surface area contributed by atoms with Gasteiger partial charge in [-0.25, -0.2) is 4.79 Å². The van der Waals surface area contributed by atoms with Crippen LogP contribution in [0.1, 0.15) is 282 Å². The standard InChI is InChI=1S/C65H98O5/c1-5-8-11-14-17-20-23-26-29-32-35-38-41-44-47-50-53-56-68-62-59-61(65(66)67-4)60-63(69-57-54-51-48-45-42-39-36-33-30-27-24-21-18-15-12-9-6-2)64(62)70-58-55-52-49-46-43-40-37-34-31-28-25-22-19-16-13-10-7-3/h59-60H,5-37,50-58H2,1-4H3. The predicted octanol–water partition coefficient (Wildman–Crippen LogP) is 17.9. The molecule has 0 aliphatic carbocycles. The summed E-state index contributed by atoms with van der Waals surface area (Å²) in [6.45, 7) is 7.99. The molecular formula is C65H98O5. The lowest BCUT2D eigenvalue weighted by Crippen LogP contribution is -2.09. The van der Waals surface area contributed by atoms with Gasteiger partial charge in [0.2, 0.25) is 5.75 Å². The fourth-order valence-corrected chi connectivity index (χ4v) is 7.93. The van der Waals surface area contributed by atoms with Crippen LogP contribution in [-0.4, -0.2) is 32.9 Å². The molecule has 0 N–H and O–H groups in total. The van der Waals surface area contributed by atoms with Gasteiger partial charge in [-0.05, 0) is 86.2 Å². The molecule has 1 aromatic rings. The van der Waals surface area contributed by atoms with Crippen LogP contribution in [0.2, 0.25) is 0 Å². The van der Waals surface area contributed by atoms with Gasteiger partial charge in [0.05, 0.1) is 32.5 Å². The quantitative estimate of drug-likeness (QED) is 0.0371. The molecular weight excluding hydrogens is 861 g/mol. The summed E-state index contributed by atoms with van der Waals surface area (Å²) in [6, 6.07) is 3.34. The zero-order valence-electron chi connectivity index (χ0n) is 45.4. The van der Waals surface area contributed by atoms with Crippen molar-refractivity contribution < 1.29 is 23.7 Å². The number of hydrogen-bond acceptors (Lipinski definition) is 5. The van der Waals surface area contributed by atoms with Crippen molar-refractivity contribution in [2.24, 2.45) is 0 Å². The molecule has 0 radical (unpaired) electrons. The molecule has 0 aromatic heterocycles. The van der Waals surface area contributed by atoms with Crippen LogP contribution in [0.4, 0.5) is 0 Å². The number of ether oxygens (including phenoxy) is 4. The van der Waals surface area contributed by atoms with E-state index < -0.39 is 5.97 Å². The van der Waals surface area contributed by atoms with E-state index in [2.05, 4.69) is 91.8 Å². The SMILES string of the molecule is CCCCCCCCCCCCC#CC#CCCCOc1cc(C(=O)OC)cc(OCCCC#CC#CCCCCCCCCCCCC)c1OCCCC#CC#CCCCCCCCCCCCC. The zero-order chi connectivity index (χ0) is 50.3. The Hall–Kier alpha value is -4.55. The highest BCUT2D eigenvalue weighted by molar-refractivity contribution is 5.91. The maximum absolute atomic E-state index is 12.8. The molecule has 0 bridgehead atoms. The Morgan fingerprint density at radius 3 is 0.857 bits per heavy atom. The molecule has 0 amide bonds. The lowest BCUT2D eigenvalue weighted by atomic mass is 10.1. The summed E-state index contributed by atoms with van der Waals surface area (Å²) < 4.78 is 24.0. The van der Waals surface area contributed by atoms with Crippen LogP contribution < -0.4 is 14.2 Å². The smallest absolute Gasteiger partial charge is 0.338 e. The topological polar surface area (TPSA) is 54.0 Å². The second-order valence-electron chi connectivity index (χ2n) is 18.8. The van der Waals surface area contributed by atoms with E-state index in [1.807, 2.05) is 0 Å². The molecule has 1 rings (SSSR count). The minimum atomic E-state index is -0.477. The first kappa shape index (κ1) is 63.5. The van der Waals surface area contributed by atoms with E-state index in [0.717, 1.165) is 38.5 Å². The Labute approximate surface area is 432 Å². The summed E-state index contributed by atoms with van der Waals surface area (Å²) in [5, 5.41) is 0. The van der Waals surface area contributed by atoms with Crippen molar-refractivity contribution in [3.05, 3.63) is 17.7 Å². The first-order chi connectivity index (χ1) is 34.7. The van der Waals surface area contributed by atoms with Crippen molar-refractivity contribution in [1.82, 2.24) is 0 Å². The number of esters is 1. The summed E-state index contributed by atoms with van der Waals surface area (Å²) in [7, 11) is 1.37. The highest BCUT2D eigenvalue weighted by Crippen LogP contribution is 2.40. The van der Waals surface area contributed by atoms with Gasteiger partial charge in [0, 0.05) is 38.5 Å². The number of carbonyl (C=O) groups is 1. The van der Waals surface area contributed by atoms with Crippen LogP contribution in [0.3, 0.4) is 0 Å². The normalized spacial score (nSPS) is 10.1. The molecule has 5 nitrogen and oxygen atoms in total. The molecule has 1 aromatic carbocycles. The van der Waals surface area contributed by atoms with Crippen LogP contribution in [0, 0.1) is 71.0 Å². The van der Waals surface area contributed by atoms with Gasteiger partial charge in [-0.2, -0.15) is 0 Å². The highest BCUT2D eigenvalue weighted by atomic mass is 16.5. The van der Waals surface area contributed by atoms with E-state index in [4.69, 9.17) is 18.9 Å². The average Bonchev–Trinajstić information content (AvgIpc) is 3.37. The molecule has 70 heavy (non-hydrogen) atoms. The van der Waals surface area contributed by atoms with Gasteiger partial charge >= 0.3 is 5.97 Å². The van der Waals surface area contributed by atoms with Gasteiger partial charge < -0.3 is 18.9 Å². The van der Waals surface area contributed by atoms with E-state index in [9.17, 15) is 4.79 Å². The number of carbonyl (C=O) groups excluding carboxylic acids is 1. The largest absolute Gasteiger partial charge is 0.489 e. The average molecular weight is 959 g/mol. The van der Waals surface area contributed by atoms with Gasteiger partial charge in [-0.3, -0.25) is 0 Å². The summed E-state index contributed by atoms with van der Waals surface area (Å²) in [4.78, 5) is 12.8. The third-order valence-corrected chi connectivity index (χ3v) is 12.2. The van der Waals surface area contributed by atoms with E-state index >= 15 is 0 Å². The molecule has 0 aliphatic heterocycles. The van der Waals surface area contributed by atoms with Crippen molar-refractivity contribution in [3.63, 3.8) is 0 Å². The van der Waals surface area contributed by atoms with Crippen molar-refractivity contribution >= 4 is 5.97 Å². The van der Waals surface area contributed by atoms with Crippen molar-refractivity contribution in [3.8, 4) is 88.3 Å². The Kier molecular flexibility index (Phi) is 47.4. The van der Waals surface area contributed by atoms with Gasteiger partial charge in [0.1, 0.15) is 0 Å². The minimum Gasteiger partial charge on any atom is -0.489 e. The van der Waals surface area contributed by atoms with Crippen LogP contribution in [0.25, 0.3) is 0 Å². The summed E-state index contributed by atoms with van der Waals surface area (Å²) in [6.07, 6.45) is 46.5. The summed E-state index contributed by atoms with van der Waals surface area (Å²) in [5.74, 6) is 38.1. The minimum absolute atomic E-state index is 0.331. The molecule has 0 fully saturated rings. The fraction of sp³-hybridized carbons (Fsp3) is 0.708. The Bertz CT molecular complexity index is 1720. The molecule has 0 spiro atoms. The predicted molar refractivity (Wildman–Crippen MR) is 298 cm³/mol. The van der Waals surface area contributed by atoms with Crippen molar-refractivity contribution in [1.29, 1.82) is 0 Å². The molecule has 0 atom stereocenters. The monoisotopic (exact) mass is 959 g/mol. The maximum atomic E-state index is 12.8. The lowest BCUT2D eigenvalue weighted by Gasteiger charge is -2.18. The fourth-order valence-electron chi connectivity index (χ4n) is 7.93. The van der Waals surface area contributed by atoms with Crippen molar-refractivity contribution in [2.75, 3.05) is 26.9 Å². The third-order valence-electron chi connectivity index (χ3n) is 12.2. The number of rotatable bonds is 43. The highest BCUT2D eigenvalue weighted by Gasteiger charge is 2.19. The number of hydrogen-bond donors (Lipinski definition) is 0. The second-order valence-corrected chi connectivity index (χ2v) is 18.8. The Morgan fingerprint density at radius 1 is 0.343 bits per heavy atom. The van der Waals surface area contributed by atoms with E-state index in [-0.39, 0.29) is 0 Å². The first-order valence-electron chi connectivity index (χ1n) is 28.7. The number of benzene rings is 1. The summed E-state index contributed by atoms with van der Waals surface area (Å²) >= 11 is 0. The zero-order valence-corrected chi connectivity index (χ0v) is 45.4. The van der Waals surface area contributed by atoms with Gasteiger partial charge in [0.15, 0.2) is 11.5 Å². The molecule has 0 unspecified atom stereocenters. The van der Waals surface area contributed by atoms with E-state index in [1.165, 1.54) is 180 Å². The number of unbranched alkanes of at least 4 members (excludes halogenated alkanes) is 33. The Morgan fingerprint density at radius 2 is 0.586 bits per heavy atom. The molecule has 5 heteroatoms. The van der Waals surface area contributed by atoms with E-state index in [1.54, 1.807) is 12.1 Å². The van der Waals surface area contributed by atoms with E-state index in [0.29, 0.717) is 81.2 Å². The lowest BCUT2D eigenvalue weighted by molar-refractivity contribution is 0.0599. The van der Waals surface area contributed by atoms with Crippen LogP contribution >= 0.6 is 0 Å². The molecule has 388 valence electrons. The molecule has 0 aliphatic rings. The van der Waals surface area contributed by atoms with Gasteiger partial charge in [-0.1, -0.05) is 230 Å². The Balaban J connectivity index is 2.72. The van der Waals surface area contributed by atoms with Crippen molar-refractivity contribution in [2.45, 2.75) is 271 Å². The van der Waals surface area contributed by atoms with Crippen LogP contribution in [0.5, 0.6) is 17.2 Å². The molecule has 0 saturated heterocycles. The summed E-state index contributed by atoms with van der Waals surface area (Å²) in [5.41, 5.74) is 0.331. The number of methoxy groups -OCH3 is 1. The first-order valence-corrected chi connectivity index (χ1v) is 28.7. The maximum Gasteiger partial charge on any atom is 0.338 e. The molecule has 0 heterocycles. The molecule has 0 saturated carbocycles. The second kappa shape index (κ2) is 52.3. The van der Waals surface area contributed by atoms with Crippen LogP contribution in [0.15, 0.2) is 12.1 Å². The van der Waals surface area contributed by atoms with Gasteiger partial charge in [0.25, 0.3) is 0 Å². The van der Waals surface area contributed by atoms with Gasteiger partial charge in [-0.15, -0.1) is 0 Å². The van der Waals surface area contributed by atoms with Crippen LogP contribution in [-0.2, 0) is 4.74 Å².